The molecule has 1 saturated heterocycles. The van der Waals surface area contributed by atoms with Gasteiger partial charge in [0, 0.05) is 13.1 Å². The van der Waals surface area contributed by atoms with Crippen molar-refractivity contribution in [3.63, 3.8) is 0 Å². The van der Waals surface area contributed by atoms with Crippen LogP contribution in [0.3, 0.4) is 0 Å². The maximum absolute atomic E-state index is 11.8. The number of hydrogen-bond acceptors (Lipinski definition) is 6. The first-order valence-electron chi connectivity index (χ1n) is 5.43. The maximum Gasteiger partial charge on any atom is 0.288 e. The van der Waals surface area contributed by atoms with Gasteiger partial charge in [-0.15, -0.1) is 10.2 Å². The molecule has 0 radical (unpaired) electrons. The Balaban J connectivity index is 1.91. The average molecular weight is 335 g/mol. The van der Waals surface area contributed by atoms with Gasteiger partial charge in [-0.3, -0.25) is 19.3 Å². The van der Waals surface area contributed by atoms with E-state index in [-0.39, 0.29) is 45.9 Å². The molecule has 106 valence electrons. The van der Waals surface area contributed by atoms with E-state index >= 15 is 0 Å². The lowest BCUT2D eigenvalue weighted by atomic mass is 10.3. The summed E-state index contributed by atoms with van der Waals surface area (Å²) in [5.41, 5.74) is 0.0834. The smallest absolute Gasteiger partial charge is 0.288 e. The fourth-order valence-electron chi connectivity index (χ4n) is 1.49. The van der Waals surface area contributed by atoms with Crippen LogP contribution in [0.4, 0.5) is 4.79 Å². The van der Waals surface area contributed by atoms with Crippen LogP contribution in [-0.2, 0) is 4.79 Å². The second-order valence-electron chi connectivity index (χ2n) is 3.73. The van der Waals surface area contributed by atoms with E-state index in [1.165, 1.54) is 6.07 Å². The van der Waals surface area contributed by atoms with Crippen molar-refractivity contribution in [3.05, 3.63) is 21.9 Å². The highest BCUT2D eigenvalue weighted by Gasteiger charge is 2.29. The second-order valence-corrected chi connectivity index (χ2v) is 5.40. The first-order valence-corrected chi connectivity index (χ1v) is 7.17. The molecule has 0 saturated carbocycles. The van der Waals surface area contributed by atoms with Crippen LogP contribution < -0.4 is 5.32 Å². The lowest BCUT2D eigenvalue weighted by Gasteiger charge is -2.13. The number of halogens is 2. The minimum absolute atomic E-state index is 0.0425. The molecule has 10 heteroatoms. The average Bonchev–Trinajstić information content (AvgIpc) is 2.73. The van der Waals surface area contributed by atoms with Gasteiger partial charge in [0.05, 0.1) is 11.3 Å². The number of thioether (sulfide) groups is 1. The molecule has 1 aliphatic heterocycles. The molecule has 1 aliphatic rings. The number of rotatable bonds is 4. The van der Waals surface area contributed by atoms with E-state index in [2.05, 4.69) is 15.5 Å². The van der Waals surface area contributed by atoms with Crippen LogP contribution in [0.15, 0.2) is 6.07 Å². The van der Waals surface area contributed by atoms with Crippen LogP contribution in [0.1, 0.15) is 10.4 Å². The third-order valence-electron chi connectivity index (χ3n) is 2.43. The van der Waals surface area contributed by atoms with E-state index in [0.717, 1.165) is 16.7 Å². The number of imide groups is 1. The summed E-state index contributed by atoms with van der Waals surface area (Å²) >= 11 is 12.3. The van der Waals surface area contributed by atoms with Crippen molar-refractivity contribution in [2.45, 2.75) is 0 Å². The molecular weight excluding hydrogens is 327 g/mol. The van der Waals surface area contributed by atoms with Gasteiger partial charge in [-0.1, -0.05) is 35.0 Å². The van der Waals surface area contributed by atoms with Crippen molar-refractivity contribution >= 4 is 52.0 Å². The fourth-order valence-corrected chi connectivity index (χ4v) is 2.56. The minimum atomic E-state index is -0.501. The topological polar surface area (TPSA) is 92.3 Å². The molecule has 1 N–H and O–H groups in total. The number of carbonyl (C=O) groups is 3. The van der Waals surface area contributed by atoms with Crippen LogP contribution in [-0.4, -0.2) is 51.0 Å². The quantitative estimate of drug-likeness (QED) is 0.889. The van der Waals surface area contributed by atoms with E-state index in [0.29, 0.717) is 0 Å². The van der Waals surface area contributed by atoms with Crippen LogP contribution >= 0.6 is 35.0 Å². The van der Waals surface area contributed by atoms with E-state index in [1.54, 1.807) is 0 Å². The lowest BCUT2D eigenvalue weighted by Crippen LogP contribution is -2.37. The molecule has 1 aromatic heterocycles. The van der Waals surface area contributed by atoms with Crippen molar-refractivity contribution in [2.24, 2.45) is 0 Å². The molecule has 0 aliphatic carbocycles. The largest absolute Gasteiger partial charge is 0.350 e. The summed E-state index contributed by atoms with van der Waals surface area (Å²) in [6.07, 6.45) is 0. The van der Waals surface area contributed by atoms with E-state index < -0.39 is 5.91 Å². The highest BCUT2D eigenvalue weighted by molar-refractivity contribution is 8.14. The number of amides is 3. The molecular formula is C10H8Cl2N4O3S. The van der Waals surface area contributed by atoms with E-state index in [9.17, 15) is 14.4 Å². The molecule has 0 aromatic carbocycles. The number of nitrogens with zero attached hydrogens (tertiary/aromatic N) is 3. The molecule has 7 nitrogen and oxygen atoms in total. The highest BCUT2D eigenvalue weighted by Crippen LogP contribution is 2.18. The maximum atomic E-state index is 11.8. The Kier molecular flexibility index (Phi) is 4.79. The van der Waals surface area contributed by atoms with E-state index in [4.69, 9.17) is 23.2 Å². The third-order valence-corrected chi connectivity index (χ3v) is 3.75. The Bertz CT molecular complexity index is 568. The zero-order valence-electron chi connectivity index (χ0n) is 9.93. The number of aromatic nitrogens is 2. The Morgan fingerprint density at radius 2 is 2.15 bits per heavy atom. The molecule has 0 spiro atoms. The van der Waals surface area contributed by atoms with Gasteiger partial charge in [0.2, 0.25) is 5.91 Å². The minimum Gasteiger partial charge on any atom is -0.350 e. The summed E-state index contributed by atoms with van der Waals surface area (Å²) in [6.45, 7) is 0.230. The van der Waals surface area contributed by atoms with Crippen molar-refractivity contribution in [1.29, 1.82) is 0 Å². The van der Waals surface area contributed by atoms with Crippen LogP contribution in [0.5, 0.6) is 0 Å². The standard InChI is InChI=1S/C10H8Cl2N4O3S/c11-6-3-5(8(12)15-14-6)9(18)13-1-2-16-7(17)4-20-10(16)19/h3H,1-2,4H2,(H,13,18). The third kappa shape index (κ3) is 3.38. The predicted molar refractivity (Wildman–Crippen MR) is 74.0 cm³/mol. The Hall–Kier alpha value is -1.38. The zero-order chi connectivity index (χ0) is 14.7. The predicted octanol–water partition coefficient (Wildman–Crippen LogP) is 1.21. The molecule has 2 rings (SSSR count). The summed E-state index contributed by atoms with van der Waals surface area (Å²) in [5.74, 6) is -0.623. The molecule has 20 heavy (non-hydrogen) atoms. The summed E-state index contributed by atoms with van der Waals surface area (Å²) < 4.78 is 0. The summed E-state index contributed by atoms with van der Waals surface area (Å²) in [6, 6.07) is 1.29. The normalized spacial score (nSPS) is 14.8. The fraction of sp³-hybridized carbons (Fsp3) is 0.300. The van der Waals surface area contributed by atoms with E-state index in [1.807, 2.05) is 0 Å². The van der Waals surface area contributed by atoms with Gasteiger partial charge in [0.15, 0.2) is 10.3 Å². The summed E-state index contributed by atoms with van der Waals surface area (Å²) in [7, 11) is 0. The molecule has 1 aromatic rings. The van der Waals surface area contributed by atoms with Gasteiger partial charge >= 0.3 is 0 Å². The van der Waals surface area contributed by atoms with Gasteiger partial charge < -0.3 is 5.32 Å². The highest BCUT2D eigenvalue weighted by atomic mass is 35.5. The molecule has 1 fully saturated rings. The van der Waals surface area contributed by atoms with Gasteiger partial charge in [-0.2, -0.15) is 0 Å². The van der Waals surface area contributed by atoms with Gasteiger partial charge in [0.25, 0.3) is 11.1 Å². The van der Waals surface area contributed by atoms with Gasteiger partial charge in [-0.05, 0) is 6.07 Å². The Morgan fingerprint density at radius 1 is 1.40 bits per heavy atom. The number of hydrogen-bond donors (Lipinski definition) is 1. The molecule has 0 unspecified atom stereocenters. The summed E-state index contributed by atoms with van der Waals surface area (Å²) in [5, 5.41) is 9.19. The first kappa shape index (κ1) is 15.0. The van der Waals surface area contributed by atoms with Crippen molar-refractivity contribution in [3.8, 4) is 0 Å². The molecule has 0 atom stereocenters. The molecule has 2 heterocycles. The molecule has 0 bridgehead atoms. The number of nitrogens with one attached hydrogen (secondary N) is 1. The SMILES string of the molecule is O=C(NCCN1C(=O)CSC1=O)c1cc(Cl)nnc1Cl. The van der Waals surface area contributed by atoms with Gasteiger partial charge in [0.1, 0.15) is 0 Å². The van der Waals surface area contributed by atoms with Crippen LogP contribution in [0.2, 0.25) is 10.3 Å². The summed E-state index contributed by atoms with van der Waals surface area (Å²) in [4.78, 5) is 35.6. The first-order chi connectivity index (χ1) is 9.49. The zero-order valence-corrected chi connectivity index (χ0v) is 12.3. The Morgan fingerprint density at radius 3 is 2.80 bits per heavy atom. The van der Waals surface area contributed by atoms with Crippen LogP contribution in [0, 0.1) is 0 Å². The van der Waals surface area contributed by atoms with Crippen molar-refractivity contribution < 1.29 is 14.4 Å². The monoisotopic (exact) mass is 334 g/mol. The lowest BCUT2D eigenvalue weighted by molar-refractivity contribution is -0.124. The van der Waals surface area contributed by atoms with Crippen LogP contribution in [0.25, 0.3) is 0 Å². The second kappa shape index (κ2) is 6.38. The van der Waals surface area contributed by atoms with Gasteiger partial charge in [-0.25, -0.2) is 0 Å². The molecule has 3 amide bonds. The van der Waals surface area contributed by atoms with Crippen molar-refractivity contribution in [2.75, 3.05) is 18.8 Å². The number of carbonyl (C=O) groups excluding carboxylic acids is 3. The van der Waals surface area contributed by atoms with Crippen molar-refractivity contribution in [1.82, 2.24) is 20.4 Å². The Labute approximate surface area is 128 Å².